The van der Waals surface area contributed by atoms with Gasteiger partial charge in [-0.25, -0.2) is 0 Å². The van der Waals surface area contributed by atoms with E-state index in [0.29, 0.717) is 12.0 Å². The molecule has 0 aliphatic carbocycles. The predicted molar refractivity (Wildman–Crippen MR) is 90.7 cm³/mol. The van der Waals surface area contributed by atoms with Gasteiger partial charge in [0.25, 0.3) is 5.91 Å². The van der Waals surface area contributed by atoms with Crippen LogP contribution in [0.25, 0.3) is 16.4 Å². The van der Waals surface area contributed by atoms with Crippen LogP contribution in [0.15, 0.2) is 48.7 Å². The number of aromatic nitrogens is 1. The summed E-state index contributed by atoms with van der Waals surface area (Å²) in [5, 5.41) is 4.41. The molecule has 116 valence electrons. The van der Waals surface area contributed by atoms with Gasteiger partial charge in [-0.1, -0.05) is 12.1 Å². The molecule has 0 spiro atoms. The van der Waals surface area contributed by atoms with E-state index in [1.54, 1.807) is 0 Å². The Morgan fingerprint density at radius 3 is 2.91 bits per heavy atom. The van der Waals surface area contributed by atoms with Gasteiger partial charge in [0.1, 0.15) is 0 Å². The molecule has 5 rings (SSSR count). The number of rotatable bonds is 2. The second-order valence-electron chi connectivity index (χ2n) is 6.80. The number of piperidine rings is 1. The van der Waals surface area contributed by atoms with Gasteiger partial charge in [-0.3, -0.25) is 4.79 Å². The van der Waals surface area contributed by atoms with E-state index >= 15 is 0 Å². The molecule has 1 amide bonds. The Labute approximate surface area is 134 Å². The van der Waals surface area contributed by atoms with Gasteiger partial charge in [-0.05, 0) is 49.2 Å². The number of nitrogens with zero attached hydrogens (tertiary/aromatic N) is 2. The van der Waals surface area contributed by atoms with Crippen LogP contribution in [-0.2, 0) is 0 Å². The molecule has 4 heteroatoms. The molecule has 3 aromatic rings. The summed E-state index contributed by atoms with van der Waals surface area (Å²) in [6.45, 7) is 3.35. The highest BCUT2D eigenvalue weighted by atomic mass is 16.1. The van der Waals surface area contributed by atoms with Crippen molar-refractivity contribution in [1.82, 2.24) is 14.6 Å². The Balaban J connectivity index is 1.47. The fraction of sp³-hybridized carbons (Fsp3) is 0.316. The van der Waals surface area contributed by atoms with E-state index in [2.05, 4.69) is 26.8 Å². The van der Waals surface area contributed by atoms with Gasteiger partial charge in [-0.2, -0.15) is 0 Å². The van der Waals surface area contributed by atoms with Crippen molar-refractivity contribution in [3.63, 3.8) is 0 Å². The fourth-order valence-corrected chi connectivity index (χ4v) is 4.17. The normalized spacial score (nSPS) is 26.2. The lowest BCUT2D eigenvalue weighted by Crippen LogP contribution is -2.43. The maximum atomic E-state index is 12.6. The Morgan fingerprint density at radius 1 is 1.13 bits per heavy atom. The highest BCUT2D eigenvalue weighted by Gasteiger charge is 2.38. The van der Waals surface area contributed by atoms with Crippen LogP contribution in [0.2, 0.25) is 0 Å². The fourth-order valence-electron chi connectivity index (χ4n) is 4.17. The molecule has 2 unspecified atom stereocenters. The third-order valence-corrected chi connectivity index (χ3v) is 5.40. The molecule has 2 aliphatic heterocycles. The van der Waals surface area contributed by atoms with Gasteiger partial charge in [0.15, 0.2) is 0 Å². The van der Waals surface area contributed by atoms with Gasteiger partial charge in [0.2, 0.25) is 0 Å². The number of pyridine rings is 1. The summed E-state index contributed by atoms with van der Waals surface area (Å²) in [6, 6.07) is 14.6. The molecule has 1 aromatic carbocycles. The van der Waals surface area contributed by atoms with Crippen LogP contribution in [0.4, 0.5) is 0 Å². The van der Waals surface area contributed by atoms with E-state index in [1.807, 2.05) is 36.5 Å². The summed E-state index contributed by atoms with van der Waals surface area (Å²) in [5.41, 5.74) is 2.99. The van der Waals surface area contributed by atoms with E-state index in [-0.39, 0.29) is 5.91 Å². The average molecular weight is 305 g/mol. The average Bonchev–Trinajstić information content (AvgIpc) is 3.27. The van der Waals surface area contributed by atoms with Crippen LogP contribution >= 0.6 is 0 Å². The second-order valence-corrected chi connectivity index (χ2v) is 6.80. The van der Waals surface area contributed by atoms with Crippen molar-refractivity contribution in [2.45, 2.75) is 12.5 Å². The lowest BCUT2D eigenvalue weighted by atomic mass is 9.99. The number of benzene rings is 1. The summed E-state index contributed by atoms with van der Waals surface area (Å²) >= 11 is 0. The van der Waals surface area contributed by atoms with E-state index in [4.69, 9.17) is 0 Å². The smallest absolute Gasteiger partial charge is 0.251 e. The van der Waals surface area contributed by atoms with Crippen LogP contribution < -0.4 is 5.32 Å². The van der Waals surface area contributed by atoms with Crippen molar-refractivity contribution in [3.05, 3.63) is 54.2 Å². The molecule has 4 heterocycles. The zero-order chi connectivity index (χ0) is 15.4. The highest BCUT2D eigenvalue weighted by molar-refractivity contribution is 5.99. The zero-order valence-corrected chi connectivity index (χ0v) is 12.9. The molecule has 23 heavy (non-hydrogen) atoms. The first kappa shape index (κ1) is 13.1. The minimum Gasteiger partial charge on any atom is -0.348 e. The van der Waals surface area contributed by atoms with Crippen LogP contribution in [-0.4, -0.2) is 40.9 Å². The van der Waals surface area contributed by atoms with Crippen molar-refractivity contribution in [2.24, 2.45) is 5.92 Å². The minimum absolute atomic E-state index is 0.0523. The summed E-state index contributed by atoms with van der Waals surface area (Å²) in [7, 11) is 0. The lowest BCUT2D eigenvalue weighted by Gasteiger charge is -2.23. The molecule has 2 saturated heterocycles. The number of carbonyl (C=O) groups is 1. The van der Waals surface area contributed by atoms with E-state index in [0.717, 1.165) is 29.7 Å². The number of nitrogens with one attached hydrogen (secondary N) is 1. The topological polar surface area (TPSA) is 36.8 Å². The van der Waals surface area contributed by atoms with Gasteiger partial charge < -0.3 is 14.6 Å². The largest absolute Gasteiger partial charge is 0.348 e. The number of hydrogen-bond donors (Lipinski definition) is 1. The van der Waals surface area contributed by atoms with Crippen molar-refractivity contribution < 1.29 is 4.79 Å². The number of fused-ring (bicyclic) bond motifs is 5. The summed E-state index contributed by atoms with van der Waals surface area (Å²) < 4.78 is 2.13. The van der Waals surface area contributed by atoms with E-state index in [1.165, 1.54) is 18.4 Å². The van der Waals surface area contributed by atoms with Gasteiger partial charge in [0, 0.05) is 41.8 Å². The Kier molecular flexibility index (Phi) is 2.76. The van der Waals surface area contributed by atoms with Crippen molar-refractivity contribution in [2.75, 3.05) is 19.6 Å². The first-order valence-corrected chi connectivity index (χ1v) is 8.31. The molecule has 0 saturated carbocycles. The third-order valence-electron chi connectivity index (χ3n) is 5.40. The molecule has 1 N–H and O–H groups in total. The summed E-state index contributed by atoms with van der Waals surface area (Å²) in [5.74, 6) is 0.688. The molecular formula is C19H19N3O. The molecular weight excluding hydrogens is 286 g/mol. The molecule has 2 aromatic heterocycles. The van der Waals surface area contributed by atoms with Gasteiger partial charge in [0.05, 0.1) is 5.52 Å². The Bertz CT molecular complexity index is 913. The third kappa shape index (κ3) is 2.05. The first-order chi connectivity index (χ1) is 11.3. The van der Waals surface area contributed by atoms with Crippen LogP contribution in [0.1, 0.15) is 16.8 Å². The number of hydrogen-bond acceptors (Lipinski definition) is 2. The quantitative estimate of drug-likeness (QED) is 0.790. The molecule has 4 nitrogen and oxygen atoms in total. The van der Waals surface area contributed by atoms with Crippen LogP contribution in [0.3, 0.4) is 0 Å². The number of carbonyl (C=O) groups excluding carboxylic acids is 1. The minimum atomic E-state index is 0.0523. The Morgan fingerprint density at radius 2 is 2.09 bits per heavy atom. The Hall–Kier alpha value is -2.33. The lowest BCUT2D eigenvalue weighted by molar-refractivity contribution is 0.0924. The van der Waals surface area contributed by atoms with Crippen molar-refractivity contribution in [3.8, 4) is 0 Å². The van der Waals surface area contributed by atoms with E-state index in [9.17, 15) is 4.79 Å². The van der Waals surface area contributed by atoms with Gasteiger partial charge in [-0.15, -0.1) is 0 Å². The molecule has 2 aliphatic rings. The summed E-state index contributed by atoms with van der Waals surface area (Å²) in [6.07, 6.45) is 3.26. The van der Waals surface area contributed by atoms with Crippen molar-refractivity contribution in [1.29, 1.82) is 0 Å². The standard InChI is InChI=1S/C19H19N3O/c23-19(20-17-12-21-8-6-15(17)11-21)14-5-4-13-9-16-3-1-2-7-22(16)18(13)10-14/h1-5,7,9-10,15,17H,6,8,11-12H2,(H,20,23)/t15-,17?/m0/s1. The highest BCUT2D eigenvalue weighted by Crippen LogP contribution is 2.28. The van der Waals surface area contributed by atoms with Crippen molar-refractivity contribution >= 4 is 22.3 Å². The maximum absolute atomic E-state index is 12.6. The number of amides is 1. The second kappa shape index (κ2) is 4.83. The first-order valence-electron chi connectivity index (χ1n) is 8.31. The van der Waals surface area contributed by atoms with Crippen LogP contribution in [0, 0.1) is 5.92 Å². The zero-order valence-electron chi connectivity index (χ0n) is 12.9. The molecule has 3 atom stereocenters. The van der Waals surface area contributed by atoms with Gasteiger partial charge >= 0.3 is 0 Å². The monoisotopic (exact) mass is 305 g/mol. The maximum Gasteiger partial charge on any atom is 0.251 e. The molecule has 2 bridgehead atoms. The molecule has 2 fully saturated rings. The summed E-state index contributed by atoms with van der Waals surface area (Å²) in [4.78, 5) is 15.1. The predicted octanol–water partition coefficient (Wildman–Crippen LogP) is 2.53. The van der Waals surface area contributed by atoms with Crippen LogP contribution in [0.5, 0.6) is 0 Å². The molecule has 0 radical (unpaired) electrons. The van der Waals surface area contributed by atoms with E-state index < -0.39 is 0 Å². The SMILES string of the molecule is O=C(NC1CN2CC[C@H]1C2)c1ccc2cc3ccccn3c2c1.